The fourth-order valence-corrected chi connectivity index (χ4v) is 4.81. The number of ether oxygens (including phenoxy) is 1. The normalized spacial score (nSPS) is 14.3. The number of nitrogens with one attached hydrogen (secondary N) is 1. The predicted octanol–water partition coefficient (Wildman–Crippen LogP) is 4.21. The third kappa shape index (κ3) is 3.11. The lowest BCUT2D eigenvalue weighted by molar-refractivity contribution is 0.369. The molecule has 4 rings (SSSR count). The Morgan fingerprint density at radius 1 is 1.19 bits per heavy atom. The van der Waals surface area contributed by atoms with Crippen molar-refractivity contribution in [1.29, 1.82) is 5.26 Å². The number of aromatic nitrogens is 2. The topological polar surface area (TPSA) is 78.8 Å². The molecule has 5 nitrogen and oxygen atoms in total. The summed E-state index contributed by atoms with van der Waals surface area (Å²) < 4.78 is 5.49. The van der Waals surface area contributed by atoms with Crippen molar-refractivity contribution in [1.82, 2.24) is 9.97 Å². The summed E-state index contributed by atoms with van der Waals surface area (Å²) in [4.78, 5) is 22.6. The summed E-state index contributed by atoms with van der Waals surface area (Å²) in [7, 11) is 0. The Balaban J connectivity index is 1.84. The van der Waals surface area contributed by atoms with Gasteiger partial charge < -0.3 is 9.72 Å². The van der Waals surface area contributed by atoms with Crippen molar-refractivity contribution < 1.29 is 4.74 Å². The molecule has 3 aromatic rings. The van der Waals surface area contributed by atoms with Gasteiger partial charge in [-0.05, 0) is 43.4 Å². The monoisotopic (exact) mass is 365 g/mol. The van der Waals surface area contributed by atoms with Gasteiger partial charge in [0.2, 0.25) is 0 Å². The molecule has 6 heteroatoms. The predicted molar refractivity (Wildman–Crippen MR) is 103 cm³/mol. The minimum absolute atomic E-state index is 0.0449. The van der Waals surface area contributed by atoms with Gasteiger partial charge in [-0.3, -0.25) is 4.79 Å². The first-order chi connectivity index (χ1) is 12.8. The van der Waals surface area contributed by atoms with E-state index in [0.29, 0.717) is 17.1 Å². The highest BCUT2D eigenvalue weighted by molar-refractivity contribution is 7.18. The Labute approximate surface area is 155 Å². The number of H-pyrrole nitrogens is 1. The maximum absolute atomic E-state index is 12.8. The number of hydrogen-bond donors (Lipinski definition) is 1. The molecule has 1 aliphatic carbocycles. The van der Waals surface area contributed by atoms with E-state index in [1.807, 2.05) is 24.3 Å². The smallest absolute Gasteiger partial charge is 0.260 e. The average Bonchev–Trinajstić information content (AvgIpc) is 2.97. The summed E-state index contributed by atoms with van der Waals surface area (Å²) in [6, 6.07) is 9.30. The highest BCUT2D eigenvalue weighted by atomic mass is 32.1. The highest BCUT2D eigenvalue weighted by Gasteiger charge is 2.19. The molecule has 0 amide bonds. The molecule has 0 radical (unpaired) electrons. The van der Waals surface area contributed by atoms with Crippen LogP contribution in [0.4, 0.5) is 0 Å². The minimum Gasteiger partial charge on any atom is -0.478 e. The SMILES string of the molecule is N#CCOc1ccccc1-c1nc2sc3c(c2c(=O)[nH]1)CCCCCC3. The van der Waals surface area contributed by atoms with Gasteiger partial charge in [-0.15, -0.1) is 11.3 Å². The number of fused-ring (bicyclic) bond motifs is 3. The van der Waals surface area contributed by atoms with Gasteiger partial charge in [-0.2, -0.15) is 5.26 Å². The number of para-hydroxylation sites is 1. The number of aromatic amines is 1. The van der Waals surface area contributed by atoms with Gasteiger partial charge in [0.25, 0.3) is 5.56 Å². The third-order valence-corrected chi connectivity index (χ3v) is 5.95. The molecule has 0 spiro atoms. The number of thiophene rings is 1. The van der Waals surface area contributed by atoms with Crippen LogP contribution in [-0.2, 0) is 12.8 Å². The molecular formula is C20H19N3O2S. The van der Waals surface area contributed by atoms with Crippen molar-refractivity contribution >= 4 is 21.6 Å². The van der Waals surface area contributed by atoms with Crippen molar-refractivity contribution in [3.63, 3.8) is 0 Å². The maximum atomic E-state index is 12.8. The number of rotatable bonds is 3. The lowest BCUT2D eigenvalue weighted by Gasteiger charge is -2.09. The number of hydrogen-bond acceptors (Lipinski definition) is 5. The summed E-state index contributed by atoms with van der Waals surface area (Å²) >= 11 is 1.64. The maximum Gasteiger partial charge on any atom is 0.260 e. The molecule has 26 heavy (non-hydrogen) atoms. The first kappa shape index (κ1) is 16.8. The van der Waals surface area contributed by atoms with Crippen LogP contribution in [0.5, 0.6) is 5.75 Å². The second-order valence-corrected chi connectivity index (χ2v) is 7.54. The van der Waals surface area contributed by atoms with Crippen LogP contribution in [0, 0.1) is 11.3 Å². The van der Waals surface area contributed by atoms with Crippen LogP contribution >= 0.6 is 11.3 Å². The molecule has 1 aliphatic rings. The van der Waals surface area contributed by atoms with E-state index in [-0.39, 0.29) is 12.2 Å². The minimum atomic E-state index is -0.0850. The van der Waals surface area contributed by atoms with Crippen molar-refractivity contribution in [2.24, 2.45) is 0 Å². The third-order valence-electron chi connectivity index (χ3n) is 4.76. The van der Waals surface area contributed by atoms with E-state index in [9.17, 15) is 4.79 Å². The van der Waals surface area contributed by atoms with E-state index in [4.69, 9.17) is 15.0 Å². The largest absolute Gasteiger partial charge is 0.478 e. The van der Waals surface area contributed by atoms with Gasteiger partial charge in [0, 0.05) is 4.88 Å². The quantitative estimate of drug-likeness (QED) is 0.754. The summed E-state index contributed by atoms with van der Waals surface area (Å²) in [5.41, 5.74) is 1.81. The van der Waals surface area contributed by atoms with E-state index >= 15 is 0 Å². The fraction of sp³-hybridized carbons (Fsp3) is 0.350. The molecule has 1 aromatic carbocycles. The molecular weight excluding hydrogens is 346 g/mol. The molecule has 2 heterocycles. The van der Waals surface area contributed by atoms with E-state index < -0.39 is 0 Å². The van der Waals surface area contributed by atoms with Gasteiger partial charge >= 0.3 is 0 Å². The summed E-state index contributed by atoms with van der Waals surface area (Å²) in [6.07, 6.45) is 6.78. The average molecular weight is 365 g/mol. The van der Waals surface area contributed by atoms with Crippen LogP contribution in [0.15, 0.2) is 29.1 Å². The fourth-order valence-electron chi connectivity index (χ4n) is 3.54. The molecule has 2 aromatic heterocycles. The zero-order valence-corrected chi connectivity index (χ0v) is 15.2. The molecule has 1 N–H and O–H groups in total. The molecule has 0 saturated carbocycles. The van der Waals surface area contributed by atoms with Gasteiger partial charge in [0.15, 0.2) is 6.61 Å². The Bertz CT molecular complexity index is 1050. The standard InChI is InChI=1S/C20H19N3O2S/c21-11-12-25-15-9-6-5-7-13(15)18-22-19(24)17-14-8-3-1-2-4-10-16(14)26-20(17)23-18/h5-7,9H,1-4,8,10,12H2,(H,22,23,24). The van der Waals surface area contributed by atoms with Crippen LogP contribution in [0.25, 0.3) is 21.6 Å². The lowest BCUT2D eigenvalue weighted by atomic mass is 9.98. The van der Waals surface area contributed by atoms with E-state index in [1.54, 1.807) is 17.4 Å². The molecule has 0 aliphatic heterocycles. The summed E-state index contributed by atoms with van der Waals surface area (Å²) in [6.45, 7) is -0.0449. The van der Waals surface area contributed by atoms with Crippen molar-refractivity contribution in [3.05, 3.63) is 45.1 Å². The van der Waals surface area contributed by atoms with Gasteiger partial charge in [0.05, 0.1) is 10.9 Å². The van der Waals surface area contributed by atoms with Crippen LogP contribution in [0.1, 0.15) is 36.1 Å². The number of benzene rings is 1. The van der Waals surface area contributed by atoms with Crippen molar-refractivity contribution in [2.45, 2.75) is 38.5 Å². The highest BCUT2D eigenvalue weighted by Crippen LogP contribution is 2.34. The number of nitriles is 1. The number of nitrogens with zero attached hydrogens (tertiary/aromatic N) is 2. The second-order valence-electron chi connectivity index (χ2n) is 6.46. The Morgan fingerprint density at radius 3 is 2.85 bits per heavy atom. The molecule has 0 saturated heterocycles. The lowest BCUT2D eigenvalue weighted by Crippen LogP contribution is -2.11. The first-order valence-corrected chi connectivity index (χ1v) is 9.73. The van der Waals surface area contributed by atoms with Crippen molar-refractivity contribution in [3.8, 4) is 23.2 Å². The molecule has 0 unspecified atom stereocenters. The molecule has 0 bridgehead atoms. The Morgan fingerprint density at radius 2 is 2.00 bits per heavy atom. The van der Waals surface area contributed by atoms with Crippen LogP contribution in [0.3, 0.4) is 0 Å². The van der Waals surface area contributed by atoms with Crippen LogP contribution in [0.2, 0.25) is 0 Å². The Kier molecular flexibility index (Phi) is 4.72. The first-order valence-electron chi connectivity index (χ1n) is 8.91. The Hall–Kier alpha value is -2.65. The van der Waals surface area contributed by atoms with Crippen molar-refractivity contribution in [2.75, 3.05) is 6.61 Å². The molecule has 132 valence electrons. The van der Waals surface area contributed by atoms with Gasteiger partial charge in [0.1, 0.15) is 22.5 Å². The second kappa shape index (κ2) is 7.30. The summed E-state index contributed by atoms with van der Waals surface area (Å²) in [5, 5.41) is 9.52. The zero-order chi connectivity index (χ0) is 17.9. The van der Waals surface area contributed by atoms with Gasteiger partial charge in [-0.25, -0.2) is 4.98 Å². The summed E-state index contributed by atoms with van der Waals surface area (Å²) in [5.74, 6) is 1.04. The van der Waals surface area contributed by atoms with E-state index in [2.05, 4.69) is 4.98 Å². The van der Waals surface area contributed by atoms with Gasteiger partial charge in [-0.1, -0.05) is 25.0 Å². The number of aryl methyl sites for hydroxylation is 2. The van der Waals surface area contributed by atoms with E-state index in [1.165, 1.54) is 29.7 Å². The van der Waals surface area contributed by atoms with E-state index in [0.717, 1.165) is 29.5 Å². The van der Waals surface area contributed by atoms with Crippen LogP contribution in [-0.4, -0.2) is 16.6 Å². The molecule has 0 fully saturated rings. The zero-order valence-electron chi connectivity index (χ0n) is 14.4. The van der Waals surface area contributed by atoms with Crippen LogP contribution < -0.4 is 10.3 Å². The molecule has 0 atom stereocenters.